The molecule has 1 aromatic rings. The summed E-state index contributed by atoms with van der Waals surface area (Å²) in [6, 6.07) is 0. The fraction of sp³-hybridized carbons (Fsp3) is 0.727. The van der Waals surface area contributed by atoms with Gasteiger partial charge in [-0.3, -0.25) is 4.79 Å². The minimum Gasteiger partial charge on any atom is -0.481 e. The fourth-order valence-corrected chi connectivity index (χ4v) is 2.73. The third kappa shape index (κ3) is 2.80. The average molecular weight is 256 g/mol. The molecule has 17 heavy (non-hydrogen) atoms. The molecule has 2 atom stereocenters. The van der Waals surface area contributed by atoms with Gasteiger partial charge in [0, 0.05) is 0 Å². The van der Waals surface area contributed by atoms with Gasteiger partial charge in [-0.05, 0) is 18.6 Å². The predicted molar refractivity (Wildman–Crippen MR) is 63.9 cm³/mol. The van der Waals surface area contributed by atoms with Gasteiger partial charge in [0.25, 0.3) is 0 Å². The van der Waals surface area contributed by atoms with Gasteiger partial charge >= 0.3 is 5.97 Å². The zero-order valence-electron chi connectivity index (χ0n) is 9.76. The van der Waals surface area contributed by atoms with Crippen LogP contribution >= 0.6 is 11.8 Å². The maximum atomic E-state index is 11.1. The molecule has 0 radical (unpaired) electrons. The van der Waals surface area contributed by atoms with Gasteiger partial charge in [-0.2, -0.15) is 16.7 Å². The molecule has 0 amide bonds. The number of hydrogen-bond acceptors (Lipinski definition) is 5. The van der Waals surface area contributed by atoms with E-state index in [-0.39, 0.29) is 11.8 Å². The predicted octanol–water partition coefficient (Wildman–Crippen LogP) is 2.29. The summed E-state index contributed by atoms with van der Waals surface area (Å²) >= 11 is 1.72. The highest BCUT2D eigenvalue weighted by atomic mass is 32.2. The van der Waals surface area contributed by atoms with Crippen molar-refractivity contribution in [3.05, 3.63) is 11.7 Å². The van der Waals surface area contributed by atoms with Gasteiger partial charge < -0.3 is 9.63 Å². The second kappa shape index (κ2) is 5.53. The number of aromatic nitrogens is 2. The molecule has 0 aromatic carbocycles. The van der Waals surface area contributed by atoms with Crippen molar-refractivity contribution < 1.29 is 14.4 Å². The van der Waals surface area contributed by atoms with E-state index < -0.39 is 5.97 Å². The molecule has 2 rings (SSSR count). The van der Waals surface area contributed by atoms with Gasteiger partial charge in [0.2, 0.25) is 5.89 Å². The number of rotatable bonds is 5. The molecule has 1 aliphatic rings. The molecule has 1 aromatic heterocycles. The molecule has 0 aliphatic heterocycles. The van der Waals surface area contributed by atoms with Crippen LogP contribution in [0.1, 0.15) is 43.8 Å². The first-order valence-corrected chi connectivity index (χ1v) is 7.01. The lowest BCUT2D eigenvalue weighted by atomic mass is 9.96. The number of thioether (sulfide) groups is 1. The molecule has 1 N–H and O–H groups in total. The van der Waals surface area contributed by atoms with Crippen LogP contribution in [-0.2, 0) is 10.5 Å². The first kappa shape index (κ1) is 12.4. The van der Waals surface area contributed by atoms with Crippen molar-refractivity contribution in [1.29, 1.82) is 0 Å². The molecule has 5 nitrogen and oxygen atoms in total. The van der Waals surface area contributed by atoms with Crippen LogP contribution in [0, 0.1) is 5.92 Å². The molecule has 1 fully saturated rings. The summed E-state index contributed by atoms with van der Waals surface area (Å²) in [6.45, 7) is 2.07. The first-order valence-electron chi connectivity index (χ1n) is 5.85. The monoisotopic (exact) mass is 256 g/mol. The number of nitrogens with zero attached hydrogens (tertiary/aromatic N) is 2. The van der Waals surface area contributed by atoms with E-state index in [1.807, 2.05) is 0 Å². The largest absolute Gasteiger partial charge is 0.481 e. The first-order chi connectivity index (χ1) is 8.22. The van der Waals surface area contributed by atoms with Gasteiger partial charge in [-0.1, -0.05) is 18.5 Å². The Balaban J connectivity index is 2.06. The van der Waals surface area contributed by atoms with Crippen molar-refractivity contribution in [3.8, 4) is 0 Å². The van der Waals surface area contributed by atoms with Gasteiger partial charge in [-0.25, -0.2) is 0 Å². The molecule has 1 aliphatic carbocycles. The van der Waals surface area contributed by atoms with Crippen molar-refractivity contribution >= 4 is 17.7 Å². The maximum Gasteiger partial charge on any atom is 0.307 e. The van der Waals surface area contributed by atoms with Crippen molar-refractivity contribution in [1.82, 2.24) is 10.1 Å². The Hall–Kier alpha value is -1.04. The minimum absolute atomic E-state index is 0.0969. The molecule has 1 saturated carbocycles. The summed E-state index contributed by atoms with van der Waals surface area (Å²) < 4.78 is 5.19. The van der Waals surface area contributed by atoms with Crippen molar-refractivity contribution in [3.63, 3.8) is 0 Å². The highest BCUT2D eigenvalue weighted by Gasteiger charge is 2.37. The van der Waals surface area contributed by atoms with E-state index in [4.69, 9.17) is 9.63 Å². The lowest BCUT2D eigenvalue weighted by Gasteiger charge is -2.09. The Kier molecular flexibility index (Phi) is 4.04. The third-order valence-corrected chi connectivity index (χ3v) is 3.94. The molecule has 0 spiro atoms. The molecule has 94 valence electrons. The summed E-state index contributed by atoms with van der Waals surface area (Å²) in [5.41, 5.74) is 0. The molecule has 2 unspecified atom stereocenters. The molecular weight excluding hydrogens is 240 g/mol. The Morgan fingerprint density at radius 2 is 2.41 bits per heavy atom. The minimum atomic E-state index is -0.754. The van der Waals surface area contributed by atoms with E-state index in [1.165, 1.54) is 0 Å². The Morgan fingerprint density at radius 3 is 3.12 bits per heavy atom. The standard InChI is InChI=1S/C11H16N2O3S/c1-2-17-6-9-12-10(16-13-9)7-4-3-5-8(7)11(14)15/h7-8H,2-6H2,1H3,(H,14,15). The second-order valence-corrected chi connectivity index (χ2v) is 5.44. The number of carboxylic acids is 1. The Bertz CT molecular complexity index is 394. The number of aliphatic carboxylic acids is 1. The van der Waals surface area contributed by atoms with Crippen LogP contribution in [0.15, 0.2) is 4.52 Å². The van der Waals surface area contributed by atoms with Crippen LogP contribution in [-0.4, -0.2) is 27.0 Å². The normalized spacial score (nSPS) is 24.1. The number of carbonyl (C=O) groups is 1. The van der Waals surface area contributed by atoms with Crippen LogP contribution in [0.4, 0.5) is 0 Å². The quantitative estimate of drug-likeness (QED) is 0.871. The maximum absolute atomic E-state index is 11.1. The highest BCUT2D eigenvalue weighted by Crippen LogP contribution is 2.39. The smallest absolute Gasteiger partial charge is 0.307 e. The van der Waals surface area contributed by atoms with E-state index in [0.717, 1.165) is 24.3 Å². The average Bonchev–Trinajstić information content (AvgIpc) is 2.94. The molecule has 0 bridgehead atoms. The molecule has 0 saturated heterocycles. The van der Waals surface area contributed by atoms with Gasteiger partial charge in [-0.15, -0.1) is 0 Å². The lowest BCUT2D eigenvalue weighted by Crippen LogP contribution is -2.17. The SMILES string of the molecule is CCSCc1noc(C2CCCC2C(=O)O)n1. The van der Waals surface area contributed by atoms with Crippen molar-refractivity contribution in [2.24, 2.45) is 5.92 Å². The summed E-state index contributed by atoms with van der Waals surface area (Å²) in [4.78, 5) is 15.4. The van der Waals surface area contributed by atoms with Crippen molar-refractivity contribution in [2.45, 2.75) is 37.9 Å². The van der Waals surface area contributed by atoms with Crippen LogP contribution in [0.2, 0.25) is 0 Å². The fourth-order valence-electron chi connectivity index (χ4n) is 2.22. The summed E-state index contributed by atoms with van der Waals surface area (Å²) in [5.74, 6) is 1.69. The Morgan fingerprint density at radius 1 is 1.59 bits per heavy atom. The van der Waals surface area contributed by atoms with E-state index in [0.29, 0.717) is 18.1 Å². The molecular formula is C11H16N2O3S. The Labute approximate surface area is 104 Å². The van der Waals surface area contributed by atoms with Crippen LogP contribution in [0.25, 0.3) is 0 Å². The summed E-state index contributed by atoms with van der Waals surface area (Å²) in [6.07, 6.45) is 2.46. The van der Waals surface area contributed by atoms with E-state index >= 15 is 0 Å². The zero-order valence-corrected chi connectivity index (χ0v) is 10.6. The number of carboxylic acid groups (broad SMARTS) is 1. The van der Waals surface area contributed by atoms with Gasteiger partial charge in [0.1, 0.15) is 0 Å². The van der Waals surface area contributed by atoms with Gasteiger partial charge in [0.15, 0.2) is 5.82 Å². The van der Waals surface area contributed by atoms with Crippen molar-refractivity contribution in [2.75, 3.05) is 5.75 Å². The molecule has 6 heteroatoms. The zero-order chi connectivity index (χ0) is 12.3. The van der Waals surface area contributed by atoms with E-state index in [1.54, 1.807) is 11.8 Å². The third-order valence-electron chi connectivity index (χ3n) is 3.07. The lowest BCUT2D eigenvalue weighted by molar-refractivity contribution is -0.142. The summed E-state index contributed by atoms with van der Waals surface area (Å²) in [7, 11) is 0. The van der Waals surface area contributed by atoms with E-state index in [2.05, 4.69) is 17.1 Å². The van der Waals surface area contributed by atoms with Gasteiger partial charge in [0.05, 0.1) is 17.6 Å². The summed E-state index contributed by atoms with van der Waals surface area (Å²) in [5, 5.41) is 13.0. The number of hydrogen-bond donors (Lipinski definition) is 1. The topological polar surface area (TPSA) is 76.2 Å². The second-order valence-electron chi connectivity index (χ2n) is 4.17. The van der Waals surface area contributed by atoms with Crippen LogP contribution in [0.5, 0.6) is 0 Å². The van der Waals surface area contributed by atoms with Crippen LogP contribution in [0.3, 0.4) is 0 Å². The molecule has 1 heterocycles. The highest BCUT2D eigenvalue weighted by molar-refractivity contribution is 7.98. The van der Waals surface area contributed by atoms with E-state index in [9.17, 15) is 4.79 Å². The van der Waals surface area contributed by atoms with Crippen LogP contribution < -0.4 is 0 Å².